The lowest BCUT2D eigenvalue weighted by atomic mass is 9.98. The van der Waals surface area contributed by atoms with Crippen molar-refractivity contribution in [2.45, 2.75) is 26.2 Å². The highest BCUT2D eigenvalue weighted by molar-refractivity contribution is 6.20. The molecule has 1 atom stereocenters. The van der Waals surface area contributed by atoms with E-state index < -0.39 is 0 Å². The highest BCUT2D eigenvalue weighted by Gasteiger charge is 2.37. The van der Waals surface area contributed by atoms with Crippen molar-refractivity contribution in [3.63, 3.8) is 0 Å². The number of rotatable bonds is 1. The maximum Gasteiger partial charge on any atom is 0.241 e. The predicted octanol–water partition coefficient (Wildman–Crippen LogP) is 2.07. The van der Waals surface area contributed by atoms with Gasteiger partial charge in [-0.2, -0.15) is 0 Å². The van der Waals surface area contributed by atoms with Gasteiger partial charge in [0.15, 0.2) is 0 Å². The zero-order valence-electron chi connectivity index (χ0n) is 8.86. The highest BCUT2D eigenvalue weighted by Crippen LogP contribution is 2.38. The SMILES string of the molecule is CCC1C(=O)N(C(C)=O)c2ccccc21. The molecule has 0 saturated heterocycles. The topological polar surface area (TPSA) is 37.4 Å². The normalized spacial score (nSPS) is 19.2. The van der Waals surface area contributed by atoms with Crippen LogP contribution in [0, 0.1) is 0 Å². The molecule has 2 amide bonds. The van der Waals surface area contributed by atoms with Crippen molar-refractivity contribution in [1.82, 2.24) is 0 Å². The van der Waals surface area contributed by atoms with E-state index in [9.17, 15) is 9.59 Å². The van der Waals surface area contributed by atoms with E-state index in [0.717, 1.165) is 17.7 Å². The molecule has 0 saturated carbocycles. The lowest BCUT2D eigenvalue weighted by Crippen LogP contribution is -2.32. The Hall–Kier alpha value is -1.64. The van der Waals surface area contributed by atoms with Gasteiger partial charge in [0, 0.05) is 6.92 Å². The predicted molar refractivity (Wildman–Crippen MR) is 57.6 cm³/mol. The van der Waals surface area contributed by atoms with Crippen LogP contribution in [0.25, 0.3) is 0 Å². The molecule has 1 unspecified atom stereocenters. The minimum absolute atomic E-state index is 0.0915. The van der Waals surface area contributed by atoms with Crippen molar-refractivity contribution < 1.29 is 9.59 Å². The first-order valence-corrected chi connectivity index (χ1v) is 5.10. The summed E-state index contributed by atoms with van der Waals surface area (Å²) in [5.74, 6) is -0.445. The van der Waals surface area contributed by atoms with E-state index in [1.807, 2.05) is 31.2 Å². The van der Waals surface area contributed by atoms with Crippen LogP contribution < -0.4 is 4.90 Å². The van der Waals surface area contributed by atoms with Crippen molar-refractivity contribution >= 4 is 17.5 Å². The fraction of sp³-hybridized carbons (Fsp3) is 0.333. The molecule has 0 fully saturated rings. The first-order chi connectivity index (χ1) is 7.16. The van der Waals surface area contributed by atoms with Gasteiger partial charge in [-0.1, -0.05) is 25.1 Å². The van der Waals surface area contributed by atoms with Crippen LogP contribution in [0.5, 0.6) is 0 Å². The smallest absolute Gasteiger partial charge is 0.241 e. The summed E-state index contributed by atoms with van der Waals surface area (Å²) in [4.78, 5) is 24.6. The average Bonchev–Trinajstić information content (AvgIpc) is 2.49. The molecule has 0 bridgehead atoms. The number of carbonyl (C=O) groups excluding carboxylic acids is 2. The molecule has 3 heteroatoms. The number of hydrogen-bond donors (Lipinski definition) is 0. The maximum absolute atomic E-state index is 11.9. The lowest BCUT2D eigenvalue weighted by Gasteiger charge is -2.12. The quantitative estimate of drug-likeness (QED) is 0.700. The Balaban J connectivity index is 2.56. The van der Waals surface area contributed by atoms with Crippen LogP contribution in [-0.4, -0.2) is 11.8 Å². The Morgan fingerprint density at radius 3 is 2.67 bits per heavy atom. The molecule has 3 nitrogen and oxygen atoms in total. The van der Waals surface area contributed by atoms with E-state index in [1.165, 1.54) is 11.8 Å². The zero-order valence-corrected chi connectivity index (χ0v) is 8.86. The largest absolute Gasteiger partial charge is 0.274 e. The number of imide groups is 1. The highest BCUT2D eigenvalue weighted by atomic mass is 16.2. The number of fused-ring (bicyclic) bond motifs is 1. The van der Waals surface area contributed by atoms with Crippen molar-refractivity contribution in [2.24, 2.45) is 0 Å². The molecule has 1 aliphatic heterocycles. The summed E-state index contributed by atoms with van der Waals surface area (Å²) < 4.78 is 0. The Bertz CT molecular complexity index is 425. The number of para-hydroxylation sites is 1. The number of carbonyl (C=O) groups is 2. The van der Waals surface area contributed by atoms with Gasteiger partial charge in [0.05, 0.1) is 11.6 Å². The number of benzene rings is 1. The third kappa shape index (κ3) is 1.35. The summed E-state index contributed by atoms with van der Waals surface area (Å²) in [6.07, 6.45) is 0.736. The molecular formula is C12H13NO2. The molecule has 15 heavy (non-hydrogen) atoms. The first kappa shape index (κ1) is 9.90. The van der Waals surface area contributed by atoms with Crippen molar-refractivity contribution in [3.8, 4) is 0 Å². The summed E-state index contributed by atoms with van der Waals surface area (Å²) in [6.45, 7) is 3.38. The molecule has 78 valence electrons. The summed E-state index contributed by atoms with van der Waals surface area (Å²) in [5.41, 5.74) is 1.72. The van der Waals surface area contributed by atoms with E-state index >= 15 is 0 Å². The van der Waals surface area contributed by atoms with Crippen LogP contribution in [0.4, 0.5) is 5.69 Å². The van der Waals surface area contributed by atoms with Crippen LogP contribution in [0.2, 0.25) is 0 Å². The molecule has 0 spiro atoms. The fourth-order valence-electron chi connectivity index (χ4n) is 2.11. The van der Waals surface area contributed by atoms with E-state index in [0.29, 0.717) is 0 Å². The average molecular weight is 203 g/mol. The Kier molecular flexibility index (Phi) is 2.31. The molecule has 0 N–H and O–H groups in total. The van der Waals surface area contributed by atoms with E-state index in [1.54, 1.807) is 0 Å². The van der Waals surface area contributed by atoms with E-state index in [4.69, 9.17) is 0 Å². The standard InChI is InChI=1S/C12H13NO2/c1-3-9-10-6-4-5-7-11(10)13(8(2)14)12(9)15/h4-7,9H,3H2,1-2H3. The summed E-state index contributed by atoms with van der Waals surface area (Å²) >= 11 is 0. The lowest BCUT2D eigenvalue weighted by molar-refractivity contribution is -0.125. The Labute approximate surface area is 88.7 Å². The zero-order chi connectivity index (χ0) is 11.0. The second-order valence-electron chi connectivity index (χ2n) is 3.71. The van der Waals surface area contributed by atoms with Gasteiger partial charge in [-0.25, -0.2) is 4.90 Å². The van der Waals surface area contributed by atoms with Crippen molar-refractivity contribution in [1.29, 1.82) is 0 Å². The first-order valence-electron chi connectivity index (χ1n) is 5.10. The molecule has 1 heterocycles. The van der Waals surface area contributed by atoms with E-state index in [2.05, 4.69) is 0 Å². The van der Waals surface area contributed by atoms with Crippen LogP contribution in [0.3, 0.4) is 0 Å². The minimum Gasteiger partial charge on any atom is -0.274 e. The van der Waals surface area contributed by atoms with Crippen molar-refractivity contribution in [3.05, 3.63) is 29.8 Å². The van der Waals surface area contributed by atoms with Gasteiger partial charge in [0.1, 0.15) is 0 Å². The van der Waals surface area contributed by atoms with Crippen LogP contribution in [-0.2, 0) is 9.59 Å². The second kappa shape index (κ2) is 3.50. The van der Waals surface area contributed by atoms with Gasteiger partial charge in [-0.3, -0.25) is 9.59 Å². The van der Waals surface area contributed by atoms with Crippen LogP contribution in [0.1, 0.15) is 31.7 Å². The molecule has 1 aromatic rings. The number of anilines is 1. The molecule has 0 aliphatic carbocycles. The van der Waals surface area contributed by atoms with Gasteiger partial charge in [-0.15, -0.1) is 0 Å². The maximum atomic E-state index is 11.9. The summed E-state index contributed by atoms with van der Waals surface area (Å²) in [5, 5.41) is 0. The van der Waals surface area contributed by atoms with E-state index in [-0.39, 0.29) is 17.7 Å². The third-order valence-electron chi connectivity index (χ3n) is 2.79. The third-order valence-corrected chi connectivity index (χ3v) is 2.79. The van der Waals surface area contributed by atoms with Gasteiger partial charge in [0.2, 0.25) is 11.8 Å². The fourth-order valence-corrected chi connectivity index (χ4v) is 2.11. The van der Waals surface area contributed by atoms with Crippen LogP contribution in [0.15, 0.2) is 24.3 Å². The van der Waals surface area contributed by atoms with Crippen molar-refractivity contribution in [2.75, 3.05) is 4.90 Å². The molecule has 0 aromatic heterocycles. The summed E-state index contributed by atoms with van der Waals surface area (Å²) in [6, 6.07) is 7.49. The molecule has 1 aromatic carbocycles. The van der Waals surface area contributed by atoms with Gasteiger partial charge in [-0.05, 0) is 18.1 Å². The van der Waals surface area contributed by atoms with Crippen LogP contribution >= 0.6 is 0 Å². The minimum atomic E-state index is -0.205. The number of amides is 2. The molecule has 2 rings (SSSR count). The number of hydrogen-bond acceptors (Lipinski definition) is 2. The second-order valence-corrected chi connectivity index (χ2v) is 3.71. The Morgan fingerprint density at radius 1 is 1.40 bits per heavy atom. The monoisotopic (exact) mass is 203 g/mol. The molecular weight excluding hydrogens is 190 g/mol. The number of nitrogens with zero attached hydrogens (tertiary/aromatic N) is 1. The van der Waals surface area contributed by atoms with Gasteiger partial charge >= 0.3 is 0 Å². The molecule has 1 aliphatic rings. The van der Waals surface area contributed by atoms with Gasteiger partial charge in [0.25, 0.3) is 0 Å². The van der Waals surface area contributed by atoms with Gasteiger partial charge < -0.3 is 0 Å². The Morgan fingerprint density at radius 2 is 2.07 bits per heavy atom. The molecule has 0 radical (unpaired) electrons. The summed E-state index contributed by atoms with van der Waals surface area (Å²) in [7, 11) is 0.